The van der Waals surface area contributed by atoms with Gasteiger partial charge < -0.3 is 27.4 Å². The maximum absolute atomic E-state index is 11.8. The average molecular weight is 393 g/mol. The molecule has 150 valence electrons. The van der Waals surface area contributed by atoms with Gasteiger partial charge in [0.05, 0.1) is 12.2 Å². The van der Waals surface area contributed by atoms with Gasteiger partial charge >= 0.3 is 0 Å². The second-order valence-corrected chi connectivity index (χ2v) is 7.35. The lowest BCUT2D eigenvalue weighted by molar-refractivity contribution is -0.118. The average Bonchev–Trinajstić information content (AvgIpc) is 3.51. The highest BCUT2D eigenvalue weighted by atomic mass is 16.1. The molecule has 2 aliphatic carbocycles. The van der Waals surface area contributed by atoms with Crippen molar-refractivity contribution in [2.75, 3.05) is 10.6 Å². The molecule has 1 aromatic rings. The summed E-state index contributed by atoms with van der Waals surface area (Å²) < 4.78 is 0. The fourth-order valence-electron chi connectivity index (χ4n) is 3.30. The van der Waals surface area contributed by atoms with Crippen LogP contribution in [0.2, 0.25) is 0 Å². The van der Waals surface area contributed by atoms with E-state index in [2.05, 4.69) is 25.9 Å². The van der Waals surface area contributed by atoms with Crippen LogP contribution in [0, 0.1) is 5.92 Å². The summed E-state index contributed by atoms with van der Waals surface area (Å²) in [5.41, 5.74) is 12.8. The molecule has 0 bridgehead atoms. The highest BCUT2D eigenvalue weighted by Crippen LogP contribution is 2.34. The van der Waals surface area contributed by atoms with Gasteiger partial charge in [-0.15, -0.1) is 0 Å². The lowest BCUT2D eigenvalue weighted by atomic mass is 9.98. The Morgan fingerprint density at radius 1 is 1.31 bits per heavy atom. The van der Waals surface area contributed by atoms with Crippen LogP contribution in [-0.4, -0.2) is 33.9 Å². The lowest BCUT2D eigenvalue weighted by Crippen LogP contribution is -2.36. The summed E-state index contributed by atoms with van der Waals surface area (Å²) in [5.74, 6) is -0.0721. The van der Waals surface area contributed by atoms with Gasteiger partial charge in [0.15, 0.2) is 11.5 Å². The van der Waals surface area contributed by atoms with E-state index in [4.69, 9.17) is 11.5 Å². The summed E-state index contributed by atoms with van der Waals surface area (Å²) in [5, 5.41) is 9.37. The third kappa shape index (κ3) is 4.45. The van der Waals surface area contributed by atoms with Gasteiger partial charge in [-0.3, -0.25) is 9.59 Å². The largest absolute Gasteiger partial charge is 0.381 e. The third-order valence-electron chi connectivity index (χ3n) is 5.01. The Balaban J connectivity index is 1.57. The van der Waals surface area contributed by atoms with Crippen molar-refractivity contribution in [3.05, 3.63) is 59.7 Å². The molecule has 2 amide bonds. The molecule has 3 aliphatic rings. The molecule has 1 saturated carbocycles. The number of rotatable bonds is 8. The zero-order chi connectivity index (χ0) is 20.4. The second kappa shape index (κ2) is 7.78. The predicted molar refractivity (Wildman–Crippen MR) is 109 cm³/mol. The Morgan fingerprint density at radius 3 is 2.86 bits per heavy atom. The number of aromatic nitrogens is 2. The molecule has 0 aromatic carbocycles. The minimum absolute atomic E-state index is 0.0143. The van der Waals surface area contributed by atoms with E-state index in [0.29, 0.717) is 18.2 Å². The van der Waals surface area contributed by atoms with Crippen molar-refractivity contribution in [1.29, 1.82) is 0 Å². The standard InChI is InChI=1S/C20H23N7O2/c21-18(28)15(8-11-3-4-11)26-16-10-24-17(19(22)29)20(27-16)25-13-5-6-14-12(9-13)2-1-7-23-14/h1-2,5-7,9-11,14-15,23H,3-4,8H2,(H2,21,28)(H2,22,29)(H2,25,26,27)/t14?,15-/m1/s1. The van der Waals surface area contributed by atoms with Crippen LogP contribution >= 0.6 is 0 Å². The first kappa shape index (κ1) is 18.7. The predicted octanol–water partition coefficient (Wildman–Crippen LogP) is 0.919. The molecule has 2 atom stereocenters. The summed E-state index contributed by atoms with van der Waals surface area (Å²) >= 11 is 0. The van der Waals surface area contributed by atoms with Gasteiger partial charge in [-0.1, -0.05) is 25.0 Å². The highest BCUT2D eigenvalue weighted by molar-refractivity contribution is 5.96. The molecule has 29 heavy (non-hydrogen) atoms. The van der Waals surface area contributed by atoms with Gasteiger partial charge in [0, 0.05) is 5.70 Å². The Labute approximate surface area is 168 Å². The number of anilines is 2. The van der Waals surface area contributed by atoms with E-state index in [0.717, 1.165) is 24.1 Å². The smallest absolute Gasteiger partial charge is 0.271 e. The number of amides is 2. The maximum Gasteiger partial charge on any atom is 0.271 e. The molecular weight excluding hydrogens is 370 g/mol. The van der Waals surface area contributed by atoms with Crippen LogP contribution in [0.4, 0.5) is 11.6 Å². The third-order valence-corrected chi connectivity index (χ3v) is 5.01. The van der Waals surface area contributed by atoms with Gasteiger partial charge in [0.25, 0.3) is 5.91 Å². The Kier molecular flexibility index (Phi) is 5.03. The van der Waals surface area contributed by atoms with Crippen molar-refractivity contribution in [3.63, 3.8) is 0 Å². The second-order valence-electron chi connectivity index (χ2n) is 7.35. The van der Waals surface area contributed by atoms with Crippen LogP contribution in [0.15, 0.2) is 54.0 Å². The van der Waals surface area contributed by atoms with Crippen molar-refractivity contribution in [2.45, 2.75) is 31.3 Å². The van der Waals surface area contributed by atoms with Crippen molar-refractivity contribution < 1.29 is 9.59 Å². The maximum atomic E-state index is 11.8. The van der Waals surface area contributed by atoms with Crippen LogP contribution in [0.5, 0.6) is 0 Å². The Hall–Kier alpha value is -3.62. The highest BCUT2D eigenvalue weighted by Gasteiger charge is 2.28. The molecule has 0 spiro atoms. The summed E-state index contributed by atoms with van der Waals surface area (Å²) in [7, 11) is 0. The number of nitrogens with two attached hydrogens (primary N) is 2. The molecule has 1 fully saturated rings. The quantitative estimate of drug-likeness (QED) is 0.441. The summed E-state index contributed by atoms with van der Waals surface area (Å²) in [6.45, 7) is 0. The number of hydrogen-bond donors (Lipinski definition) is 5. The van der Waals surface area contributed by atoms with Crippen LogP contribution in [-0.2, 0) is 4.79 Å². The van der Waals surface area contributed by atoms with Gasteiger partial charge in [0.2, 0.25) is 5.91 Å². The fraction of sp³-hybridized carbons (Fsp3) is 0.300. The number of nitrogens with zero attached hydrogens (tertiary/aromatic N) is 2. The van der Waals surface area contributed by atoms with E-state index in [1.165, 1.54) is 6.20 Å². The van der Waals surface area contributed by atoms with Crippen molar-refractivity contribution in [2.24, 2.45) is 17.4 Å². The number of allylic oxidation sites excluding steroid dienone is 3. The van der Waals surface area contributed by atoms with Gasteiger partial charge in [0.1, 0.15) is 11.9 Å². The minimum atomic E-state index is -0.698. The summed E-state index contributed by atoms with van der Waals surface area (Å²) in [4.78, 5) is 32.1. The number of carbonyl (C=O) groups is 2. The van der Waals surface area contributed by atoms with E-state index in [1.54, 1.807) is 0 Å². The molecule has 1 aliphatic heterocycles. The van der Waals surface area contributed by atoms with Crippen LogP contribution < -0.4 is 27.4 Å². The fourth-order valence-corrected chi connectivity index (χ4v) is 3.30. The topological polar surface area (TPSA) is 148 Å². The van der Waals surface area contributed by atoms with E-state index < -0.39 is 17.9 Å². The van der Waals surface area contributed by atoms with Crippen molar-refractivity contribution in [1.82, 2.24) is 15.3 Å². The number of dihydropyridines is 1. The van der Waals surface area contributed by atoms with Crippen molar-refractivity contribution >= 4 is 23.5 Å². The molecule has 1 aromatic heterocycles. The van der Waals surface area contributed by atoms with E-state index in [1.807, 2.05) is 36.6 Å². The molecule has 9 nitrogen and oxygen atoms in total. The minimum Gasteiger partial charge on any atom is -0.381 e. The number of hydrogen-bond acceptors (Lipinski definition) is 7. The van der Waals surface area contributed by atoms with Gasteiger partial charge in [-0.2, -0.15) is 0 Å². The van der Waals surface area contributed by atoms with Crippen molar-refractivity contribution in [3.8, 4) is 0 Å². The monoisotopic (exact) mass is 393 g/mol. The molecule has 0 radical (unpaired) electrons. The van der Waals surface area contributed by atoms with Gasteiger partial charge in [-0.25, -0.2) is 9.97 Å². The number of carbonyl (C=O) groups excluding carboxylic acids is 2. The lowest BCUT2D eigenvalue weighted by Gasteiger charge is -2.23. The first-order valence-corrected chi connectivity index (χ1v) is 9.52. The van der Waals surface area contributed by atoms with E-state index >= 15 is 0 Å². The summed E-state index contributed by atoms with van der Waals surface area (Å²) in [6, 6.07) is -0.428. The van der Waals surface area contributed by atoms with Crippen LogP contribution in [0.1, 0.15) is 29.8 Å². The SMILES string of the molecule is NC(=O)c1ncc(N[C@H](CC2CC2)C(N)=O)nc1NC1=CC2=CC=CNC2C=C1. The molecule has 7 N–H and O–H groups in total. The number of fused-ring (bicyclic) bond motifs is 1. The molecule has 0 saturated heterocycles. The molecule has 1 unspecified atom stereocenters. The van der Waals surface area contributed by atoms with E-state index in [-0.39, 0.29) is 17.6 Å². The normalized spacial score (nSPS) is 20.6. The first-order chi connectivity index (χ1) is 14.0. The van der Waals surface area contributed by atoms with Gasteiger partial charge in [-0.05, 0) is 42.3 Å². The Morgan fingerprint density at radius 2 is 2.14 bits per heavy atom. The number of nitrogens with one attached hydrogen (secondary N) is 3. The number of primary amides is 2. The molecular formula is C20H23N7O2. The Bertz CT molecular complexity index is 960. The molecule has 4 rings (SSSR count). The van der Waals surface area contributed by atoms with Crippen LogP contribution in [0.3, 0.4) is 0 Å². The summed E-state index contributed by atoms with van der Waals surface area (Å²) in [6.07, 6.45) is 15.9. The van der Waals surface area contributed by atoms with E-state index in [9.17, 15) is 9.59 Å². The van der Waals surface area contributed by atoms with Crippen LogP contribution in [0.25, 0.3) is 0 Å². The first-order valence-electron chi connectivity index (χ1n) is 9.52. The zero-order valence-electron chi connectivity index (χ0n) is 15.8. The molecule has 2 heterocycles. The zero-order valence-corrected chi connectivity index (χ0v) is 15.8. The molecule has 9 heteroatoms.